The van der Waals surface area contributed by atoms with Gasteiger partial charge in [-0.3, -0.25) is 4.79 Å². The highest BCUT2D eigenvalue weighted by Gasteiger charge is 2.15. The number of nitrogens with zero attached hydrogens (tertiary/aromatic N) is 2. The third-order valence-electron chi connectivity index (χ3n) is 3.98. The zero-order valence-corrected chi connectivity index (χ0v) is 16.4. The van der Waals surface area contributed by atoms with E-state index in [0.717, 1.165) is 11.4 Å². The molecule has 0 bridgehead atoms. The van der Waals surface area contributed by atoms with Gasteiger partial charge in [-0.2, -0.15) is 5.10 Å². The number of sulfone groups is 1. The number of halogens is 1. The summed E-state index contributed by atoms with van der Waals surface area (Å²) in [6.45, 7) is 3.40. The summed E-state index contributed by atoms with van der Waals surface area (Å²) in [6, 6.07) is 14.7. The highest BCUT2D eigenvalue weighted by molar-refractivity contribution is 7.91. The van der Waals surface area contributed by atoms with Gasteiger partial charge in [0.25, 0.3) is 5.91 Å². The van der Waals surface area contributed by atoms with Gasteiger partial charge in [0.2, 0.25) is 0 Å². The maximum atomic E-state index is 12.6. The molecule has 0 atom stereocenters. The molecule has 0 aliphatic carbocycles. The summed E-state index contributed by atoms with van der Waals surface area (Å²) in [5, 5.41) is 7.76. The van der Waals surface area contributed by atoms with Crippen molar-refractivity contribution in [3.63, 3.8) is 0 Å². The maximum absolute atomic E-state index is 12.6. The number of aromatic nitrogens is 2. The zero-order valence-electron chi connectivity index (χ0n) is 14.8. The van der Waals surface area contributed by atoms with Crippen LogP contribution in [0.1, 0.15) is 23.0 Å². The molecule has 0 unspecified atom stereocenters. The predicted octanol–water partition coefficient (Wildman–Crippen LogP) is 3.88. The smallest absolute Gasteiger partial charge is 0.256 e. The molecule has 0 saturated heterocycles. The molecule has 1 aromatic heterocycles. The first kappa shape index (κ1) is 19.1. The number of carbonyl (C=O) groups is 1. The van der Waals surface area contributed by atoms with Gasteiger partial charge in [0.1, 0.15) is 5.82 Å². The number of hydrogen-bond donors (Lipinski definition) is 1. The molecule has 2 aromatic carbocycles. The Morgan fingerprint density at radius 1 is 1.15 bits per heavy atom. The van der Waals surface area contributed by atoms with Crippen LogP contribution in [0, 0.1) is 6.92 Å². The minimum absolute atomic E-state index is 0.0106. The summed E-state index contributed by atoms with van der Waals surface area (Å²) in [6.07, 6.45) is 0. The lowest BCUT2D eigenvalue weighted by Crippen LogP contribution is -2.15. The van der Waals surface area contributed by atoms with Crippen molar-refractivity contribution in [1.82, 2.24) is 9.78 Å². The van der Waals surface area contributed by atoms with Gasteiger partial charge < -0.3 is 5.32 Å². The molecule has 0 aliphatic heterocycles. The molecule has 1 heterocycles. The predicted molar refractivity (Wildman–Crippen MR) is 105 cm³/mol. The van der Waals surface area contributed by atoms with Crippen LogP contribution >= 0.6 is 11.6 Å². The van der Waals surface area contributed by atoms with E-state index in [1.807, 2.05) is 13.0 Å². The Morgan fingerprint density at radius 3 is 2.48 bits per heavy atom. The van der Waals surface area contributed by atoms with Crippen molar-refractivity contribution >= 4 is 33.2 Å². The molecule has 0 saturated carbocycles. The highest BCUT2D eigenvalue weighted by atomic mass is 35.5. The van der Waals surface area contributed by atoms with Crippen molar-refractivity contribution in [3.05, 3.63) is 70.9 Å². The summed E-state index contributed by atoms with van der Waals surface area (Å²) in [5.74, 6) is 0.139. The van der Waals surface area contributed by atoms with Crippen molar-refractivity contribution in [2.24, 2.45) is 0 Å². The van der Waals surface area contributed by atoms with Crippen LogP contribution in [0.15, 0.2) is 59.5 Å². The second-order valence-corrected chi connectivity index (χ2v) is 8.66. The van der Waals surface area contributed by atoms with E-state index in [1.165, 1.54) is 24.3 Å². The molecule has 1 N–H and O–H groups in total. The molecule has 1 amide bonds. The molecule has 0 fully saturated rings. The Kier molecular flexibility index (Phi) is 5.34. The van der Waals surface area contributed by atoms with Gasteiger partial charge in [-0.15, -0.1) is 0 Å². The molecule has 6 nitrogen and oxygen atoms in total. The molecule has 140 valence electrons. The first-order chi connectivity index (χ1) is 12.8. The fourth-order valence-corrected chi connectivity index (χ4v) is 3.63. The monoisotopic (exact) mass is 403 g/mol. The van der Waals surface area contributed by atoms with Crippen LogP contribution in [-0.4, -0.2) is 29.9 Å². The molecule has 0 aliphatic rings. The van der Waals surface area contributed by atoms with Crippen LogP contribution < -0.4 is 5.32 Å². The second kappa shape index (κ2) is 7.54. The van der Waals surface area contributed by atoms with E-state index in [-0.39, 0.29) is 16.6 Å². The summed E-state index contributed by atoms with van der Waals surface area (Å²) in [4.78, 5) is 12.8. The van der Waals surface area contributed by atoms with Crippen molar-refractivity contribution < 1.29 is 13.2 Å². The lowest BCUT2D eigenvalue weighted by molar-refractivity contribution is 0.102. The number of hydrogen-bond acceptors (Lipinski definition) is 4. The van der Waals surface area contributed by atoms with E-state index in [0.29, 0.717) is 16.4 Å². The third kappa shape index (κ3) is 4.20. The van der Waals surface area contributed by atoms with Crippen molar-refractivity contribution in [2.45, 2.75) is 18.7 Å². The van der Waals surface area contributed by atoms with Crippen molar-refractivity contribution in [2.75, 3.05) is 11.1 Å². The van der Waals surface area contributed by atoms with E-state index in [9.17, 15) is 13.2 Å². The van der Waals surface area contributed by atoms with Crippen LogP contribution in [0.2, 0.25) is 5.02 Å². The van der Waals surface area contributed by atoms with E-state index >= 15 is 0 Å². The Morgan fingerprint density at radius 2 is 1.85 bits per heavy atom. The topological polar surface area (TPSA) is 81.1 Å². The van der Waals surface area contributed by atoms with Gasteiger partial charge in [-0.05, 0) is 49.4 Å². The first-order valence-electron chi connectivity index (χ1n) is 8.27. The molecule has 27 heavy (non-hydrogen) atoms. The van der Waals surface area contributed by atoms with E-state index in [2.05, 4.69) is 10.4 Å². The van der Waals surface area contributed by atoms with Gasteiger partial charge in [-0.1, -0.05) is 24.6 Å². The maximum Gasteiger partial charge on any atom is 0.256 e. The van der Waals surface area contributed by atoms with E-state index in [1.54, 1.807) is 35.9 Å². The SMILES string of the molecule is CCS(=O)(=O)c1ccc(C(=O)Nc2cc(C)nn2-c2cccc(Cl)c2)cc1. The number of amides is 1. The number of benzene rings is 2. The Balaban J connectivity index is 1.87. The van der Waals surface area contributed by atoms with Gasteiger partial charge in [-0.25, -0.2) is 13.1 Å². The summed E-state index contributed by atoms with van der Waals surface area (Å²) in [5.41, 5.74) is 1.80. The quantitative estimate of drug-likeness (QED) is 0.700. The molecule has 3 rings (SSSR count). The largest absolute Gasteiger partial charge is 0.306 e. The lowest BCUT2D eigenvalue weighted by Gasteiger charge is -2.10. The average molecular weight is 404 g/mol. The normalized spacial score (nSPS) is 11.4. The van der Waals surface area contributed by atoms with Crippen LogP contribution in [0.5, 0.6) is 0 Å². The minimum atomic E-state index is -3.30. The molecule has 0 spiro atoms. The van der Waals surface area contributed by atoms with Crippen LogP contribution in [0.4, 0.5) is 5.82 Å². The second-order valence-electron chi connectivity index (χ2n) is 5.94. The number of carbonyl (C=O) groups excluding carboxylic acids is 1. The highest BCUT2D eigenvalue weighted by Crippen LogP contribution is 2.21. The zero-order chi connectivity index (χ0) is 19.6. The molecule has 3 aromatic rings. The van der Waals surface area contributed by atoms with E-state index in [4.69, 9.17) is 11.6 Å². The fourth-order valence-electron chi connectivity index (χ4n) is 2.56. The summed E-state index contributed by atoms with van der Waals surface area (Å²) >= 11 is 6.04. The Hall–Kier alpha value is -2.64. The Labute approximate surface area is 162 Å². The molecular formula is C19H18ClN3O3S. The number of anilines is 1. The number of aryl methyl sites for hydroxylation is 1. The minimum Gasteiger partial charge on any atom is -0.306 e. The first-order valence-corrected chi connectivity index (χ1v) is 10.3. The van der Waals surface area contributed by atoms with Crippen molar-refractivity contribution in [1.29, 1.82) is 0 Å². The third-order valence-corrected chi connectivity index (χ3v) is 5.97. The number of nitrogens with one attached hydrogen (secondary N) is 1. The standard InChI is InChI=1S/C19H18ClN3O3S/c1-3-27(25,26)17-9-7-14(8-10-17)19(24)21-18-11-13(2)22-23(18)16-6-4-5-15(20)12-16/h4-12H,3H2,1-2H3,(H,21,24). The fraction of sp³-hybridized carbons (Fsp3) is 0.158. The summed E-state index contributed by atoms with van der Waals surface area (Å²) < 4.78 is 25.4. The molecule has 8 heteroatoms. The van der Waals surface area contributed by atoms with E-state index < -0.39 is 9.84 Å². The van der Waals surface area contributed by atoms with Gasteiger partial charge in [0.15, 0.2) is 9.84 Å². The van der Waals surface area contributed by atoms with Crippen LogP contribution in [-0.2, 0) is 9.84 Å². The van der Waals surface area contributed by atoms with Gasteiger partial charge in [0.05, 0.1) is 22.0 Å². The molecular weight excluding hydrogens is 386 g/mol. The van der Waals surface area contributed by atoms with Crippen LogP contribution in [0.25, 0.3) is 5.69 Å². The Bertz CT molecular complexity index is 1090. The molecule has 0 radical (unpaired) electrons. The van der Waals surface area contributed by atoms with Gasteiger partial charge in [0, 0.05) is 16.7 Å². The average Bonchev–Trinajstić information content (AvgIpc) is 3.02. The number of rotatable bonds is 5. The summed E-state index contributed by atoms with van der Waals surface area (Å²) in [7, 11) is -3.30. The lowest BCUT2D eigenvalue weighted by atomic mass is 10.2. The van der Waals surface area contributed by atoms with Gasteiger partial charge >= 0.3 is 0 Å². The van der Waals surface area contributed by atoms with Crippen molar-refractivity contribution in [3.8, 4) is 5.69 Å². The van der Waals surface area contributed by atoms with Crippen LogP contribution in [0.3, 0.4) is 0 Å².